The number of rotatable bonds is 5. The third-order valence-electron chi connectivity index (χ3n) is 2.43. The second-order valence-corrected chi connectivity index (χ2v) is 4.84. The number of carbonyl (C=O) groups is 1. The Morgan fingerprint density at radius 1 is 1.42 bits per heavy atom. The number of nitrogens with zero attached hydrogens (tertiary/aromatic N) is 1. The van der Waals surface area contributed by atoms with Crippen molar-refractivity contribution in [2.75, 3.05) is 24.6 Å². The van der Waals surface area contributed by atoms with Gasteiger partial charge in [-0.25, -0.2) is 0 Å². The van der Waals surface area contributed by atoms with Crippen LogP contribution in [0, 0.1) is 0 Å². The molecule has 19 heavy (non-hydrogen) atoms. The molecular weight excluding hydrogens is 327 g/mol. The fourth-order valence-corrected chi connectivity index (χ4v) is 2.23. The molecule has 1 N–H and O–H groups in total. The van der Waals surface area contributed by atoms with Gasteiger partial charge in [-0.1, -0.05) is 0 Å². The highest BCUT2D eigenvalue weighted by Gasteiger charge is 2.31. The van der Waals surface area contributed by atoms with E-state index in [-0.39, 0.29) is 18.0 Å². The van der Waals surface area contributed by atoms with Gasteiger partial charge >= 0.3 is 6.18 Å². The van der Waals surface area contributed by atoms with E-state index in [0.29, 0.717) is 10.0 Å². The summed E-state index contributed by atoms with van der Waals surface area (Å²) in [5.41, 5.74) is 0.697. The number of hydrogen-bond acceptors (Lipinski definition) is 3. The Morgan fingerprint density at radius 3 is 2.47 bits per heavy atom. The van der Waals surface area contributed by atoms with Crippen molar-refractivity contribution in [2.45, 2.75) is 13.1 Å². The minimum Gasteiger partial charge on any atom is -0.395 e. The van der Waals surface area contributed by atoms with E-state index in [2.05, 4.69) is 15.9 Å². The molecule has 1 aromatic carbocycles. The molecule has 0 aliphatic rings. The smallest absolute Gasteiger partial charge is 0.395 e. The van der Waals surface area contributed by atoms with Gasteiger partial charge in [0.1, 0.15) is 6.54 Å². The molecule has 0 aliphatic carbocycles. The average molecular weight is 340 g/mol. The Kier molecular flexibility index (Phi) is 5.37. The SMILES string of the molecule is CC(=O)c1ccc(N(CCO)CC(F)(F)F)c(Br)c1. The van der Waals surface area contributed by atoms with Crippen LogP contribution in [0.15, 0.2) is 22.7 Å². The number of benzene rings is 1. The van der Waals surface area contributed by atoms with Gasteiger partial charge in [0.2, 0.25) is 0 Å². The quantitative estimate of drug-likeness (QED) is 0.838. The molecule has 0 unspecified atom stereocenters. The van der Waals surface area contributed by atoms with Crippen molar-refractivity contribution in [3.63, 3.8) is 0 Å². The maximum absolute atomic E-state index is 12.5. The third-order valence-corrected chi connectivity index (χ3v) is 3.07. The van der Waals surface area contributed by atoms with E-state index < -0.39 is 19.3 Å². The molecule has 0 saturated heterocycles. The van der Waals surface area contributed by atoms with Crippen molar-refractivity contribution in [2.24, 2.45) is 0 Å². The van der Waals surface area contributed by atoms with E-state index >= 15 is 0 Å². The summed E-state index contributed by atoms with van der Waals surface area (Å²) in [6.07, 6.45) is -4.37. The zero-order chi connectivity index (χ0) is 14.6. The lowest BCUT2D eigenvalue weighted by Crippen LogP contribution is -2.36. The number of aliphatic hydroxyl groups excluding tert-OH is 1. The predicted octanol–water partition coefficient (Wildman–Crippen LogP) is 3.01. The summed E-state index contributed by atoms with van der Waals surface area (Å²) in [5, 5.41) is 8.85. The zero-order valence-electron chi connectivity index (χ0n) is 10.2. The lowest BCUT2D eigenvalue weighted by molar-refractivity contribution is -0.119. The number of hydrogen-bond donors (Lipinski definition) is 1. The molecule has 0 fully saturated rings. The van der Waals surface area contributed by atoms with Gasteiger partial charge in [-0.05, 0) is 41.1 Å². The van der Waals surface area contributed by atoms with Gasteiger partial charge in [0.25, 0.3) is 0 Å². The van der Waals surface area contributed by atoms with Crippen LogP contribution in [0.2, 0.25) is 0 Å². The number of halogens is 4. The Morgan fingerprint density at radius 2 is 2.05 bits per heavy atom. The normalized spacial score (nSPS) is 11.5. The van der Waals surface area contributed by atoms with E-state index in [1.807, 2.05) is 0 Å². The van der Waals surface area contributed by atoms with Crippen LogP contribution in [0.5, 0.6) is 0 Å². The molecule has 0 aromatic heterocycles. The van der Waals surface area contributed by atoms with Gasteiger partial charge in [-0.15, -0.1) is 0 Å². The summed E-state index contributed by atoms with van der Waals surface area (Å²) >= 11 is 3.15. The Hall–Kier alpha value is -1.08. The number of carbonyl (C=O) groups excluding carboxylic acids is 1. The fourth-order valence-electron chi connectivity index (χ4n) is 1.60. The summed E-state index contributed by atoms with van der Waals surface area (Å²) in [5.74, 6) is -0.170. The number of Topliss-reactive ketones (excluding diaryl/α,β-unsaturated/α-hetero) is 1. The highest BCUT2D eigenvalue weighted by Crippen LogP contribution is 2.30. The van der Waals surface area contributed by atoms with E-state index in [9.17, 15) is 18.0 Å². The first-order chi connectivity index (χ1) is 8.74. The molecule has 0 amide bonds. The Balaban J connectivity index is 3.06. The lowest BCUT2D eigenvalue weighted by atomic mass is 10.1. The van der Waals surface area contributed by atoms with E-state index in [4.69, 9.17) is 5.11 Å². The van der Waals surface area contributed by atoms with Crippen LogP contribution in [0.1, 0.15) is 17.3 Å². The first-order valence-electron chi connectivity index (χ1n) is 5.47. The summed E-state index contributed by atoms with van der Waals surface area (Å²) in [6.45, 7) is -0.317. The fraction of sp³-hybridized carbons (Fsp3) is 0.417. The van der Waals surface area contributed by atoms with Crippen LogP contribution in [-0.4, -0.2) is 36.8 Å². The largest absolute Gasteiger partial charge is 0.405 e. The van der Waals surface area contributed by atoms with E-state index in [1.165, 1.54) is 25.1 Å². The molecule has 0 aliphatic heterocycles. The molecule has 106 valence electrons. The van der Waals surface area contributed by atoms with Gasteiger partial charge in [-0.3, -0.25) is 4.79 Å². The van der Waals surface area contributed by atoms with Gasteiger partial charge in [0, 0.05) is 16.6 Å². The molecule has 7 heteroatoms. The monoisotopic (exact) mass is 339 g/mol. The van der Waals surface area contributed by atoms with Gasteiger partial charge in [0.05, 0.1) is 12.3 Å². The van der Waals surface area contributed by atoms with Gasteiger partial charge < -0.3 is 10.0 Å². The number of anilines is 1. The van der Waals surface area contributed by atoms with E-state index in [1.54, 1.807) is 0 Å². The summed E-state index contributed by atoms with van der Waals surface area (Å²) in [6, 6.07) is 4.36. The van der Waals surface area contributed by atoms with Crippen molar-refractivity contribution in [3.8, 4) is 0 Å². The average Bonchev–Trinajstić information content (AvgIpc) is 2.26. The van der Waals surface area contributed by atoms with Crippen LogP contribution >= 0.6 is 15.9 Å². The third kappa shape index (κ3) is 4.83. The van der Waals surface area contributed by atoms with Crippen molar-refractivity contribution in [1.29, 1.82) is 0 Å². The molecule has 3 nitrogen and oxygen atoms in total. The molecule has 0 bridgehead atoms. The second-order valence-electron chi connectivity index (χ2n) is 3.98. The van der Waals surface area contributed by atoms with Crippen LogP contribution in [0.4, 0.5) is 18.9 Å². The van der Waals surface area contributed by atoms with Crippen LogP contribution in [-0.2, 0) is 0 Å². The van der Waals surface area contributed by atoms with Crippen LogP contribution in [0.25, 0.3) is 0 Å². The van der Waals surface area contributed by atoms with Crippen molar-refractivity contribution < 1.29 is 23.1 Å². The Labute approximate surface area is 117 Å². The second kappa shape index (κ2) is 6.38. The van der Waals surface area contributed by atoms with Crippen LogP contribution < -0.4 is 4.90 Å². The maximum Gasteiger partial charge on any atom is 0.405 e. The van der Waals surface area contributed by atoms with Crippen LogP contribution in [0.3, 0.4) is 0 Å². The molecule has 1 rings (SSSR count). The maximum atomic E-state index is 12.5. The van der Waals surface area contributed by atoms with Gasteiger partial charge in [0.15, 0.2) is 5.78 Å². The zero-order valence-corrected chi connectivity index (χ0v) is 11.8. The van der Waals surface area contributed by atoms with Crippen molar-refractivity contribution in [1.82, 2.24) is 0 Å². The molecule has 0 spiro atoms. The predicted molar refractivity (Wildman–Crippen MR) is 69.5 cm³/mol. The first kappa shape index (κ1) is 16.0. The minimum atomic E-state index is -4.37. The Bertz CT molecular complexity index is 463. The standard InChI is InChI=1S/C12H13BrF3NO2/c1-8(19)9-2-3-11(10(13)6-9)17(4-5-18)7-12(14,15)16/h2-3,6,18H,4-5,7H2,1H3. The first-order valence-corrected chi connectivity index (χ1v) is 6.27. The highest BCUT2D eigenvalue weighted by atomic mass is 79.9. The minimum absolute atomic E-state index is 0.141. The molecular formula is C12H13BrF3NO2. The highest BCUT2D eigenvalue weighted by molar-refractivity contribution is 9.10. The van der Waals surface area contributed by atoms with Crippen molar-refractivity contribution >= 4 is 27.4 Å². The van der Waals surface area contributed by atoms with Crippen molar-refractivity contribution in [3.05, 3.63) is 28.2 Å². The van der Waals surface area contributed by atoms with Gasteiger partial charge in [-0.2, -0.15) is 13.2 Å². The summed E-state index contributed by atoms with van der Waals surface area (Å²) in [7, 11) is 0. The lowest BCUT2D eigenvalue weighted by Gasteiger charge is -2.26. The summed E-state index contributed by atoms with van der Waals surface area (Å²) in [4.78, 5) is 12.2. The van der Waals surface area contributed by atoms with E-state index in [0.717, 1.165) is 4.90 Å². The topological polar surface area (TPSA) is 40.5 Å². The molecule has 0 saturated carbocycles. The number of alkyl halides is 3. The molecule has 1 aromatic rings. The summed E-state index contributed by atoms with van der Waals surface area (Å²) < 4.78 is 37.8. The number of ketones is 1. The molecule has 0 radical (unpaired) electrons. The molecule has 0 atom stereocenters. The molecule has 0 heterocycles. The number of aliphatic hydroxyl groups is 1.